The van der Waals surface area contributed by atoms with Gasteiger partial charge in [0.1, 0.15) is 5.75 Å². The molecule has 5 nitrogen and oxygen atoms in total. The maximum Gasteiger partial charge on any atom is 0.307 e. The smallest absolute Gasteiger partial charge is 0.307 e. The van der Waals surface area contributed by atoms with Crippen LogP contribution in [0.1, 0.15) is 19.8 Å². The zero-order valence-electron chi connectivity index (χ0n) is 13.6. The highest BCUT2D eigenvalue weighted by Gasteiger charge is 2.70. The summed E-state index contributed by atoms with van der Waals surface area (Å²) in [5.41, 5.74) is 0.716. The number of benzene rings is 1. The Hall–Kier alpha value is -2.30. The molecule has 1 amide bonds. The molecule has 2 N–H and O–H groups in total. The Labute approximate surface area is 140 Å². The summed E-state index contributed by atoms with van der Waals surface area (Å²) in [6.07, 6.45) is 6.16. The molecule has 2 bridgehead atoms. The molecule has 1 aromatic rings. The van der Waals surface area contributed by atoms with E-state index < -0.39 is 17.8 Å². The highest BCUT2D eigenvalue weighted by atomic mass is 16.5. The van der Waals surface area contributed by atoms with Gasteiger partial charge in [-0.05, 0) is 61.3 Å². The van der Waals surface area contributed by atoms with Crippen molar-refractivity contribution in [2.24, 2.45) is 29.1 Å². The van der Waals surface area contributed by atoms with E-state index in [2.05, 4.69) is 11.4 Å². The minimum atomic E-state index is -0.857. The Morgan fingerprint density at radius 3 is 2.33 bits per heavy atom. The summed E-state index contributed by atoms with van der Waals surface area (Å²) < 4.78 is 5.39. The van der Waals surface area contributed by atoms with Crippen molar-refractivity contribution in [3.63, 3.8) is 0 Å². The largest absolute Gasteiger partial charge is 0.494 e. The van der Waals surface area contributed by atoms with Crippen molar-refractivity contribution in [1.82, 2.24) is 0 Å². The van der Waals surface area contributed by atoms with Crippen LogP contribution in [0.15, 0.2) is 36.4 Å². The number of nitrogens with one attached hydrogen (secondary N) is 1. The van der Waals surface area contributed by atoms with Crippen LogP contribution >= 0.6 is 0 Å². The maximum atomic E-state index is 12.8. The third kappa shape index (κ3) is 2.14. The minimum Gasteiger partial charge on any atom is -0.494 e. The van der Waals surface area contributed by atoms with Crippen molar-refractivity contribution in [1.29, 1.82) is 0 Å². The molecule has 4 rings (SSSR count). The van der Waals surface area contributed by atoms with Crippen LogP contribution in [0.3, 0.4) is 0 Å². The first-order valence-corrected chi connectivity index (χ1v) is 8.51. The topological polar surface area (TPSA) is 75.6 Å². The molecule has 4 atom stereocenters. The summed E-state index contributed by atoms with van der Waals surface area (Å²) in [5, 5.41) is 12.5. The van der Waals surface area contributed by atoms with Crippen LogP contribution in [-0.2, 0) is 9.59 Å². The van der Waals surface area contributed by atoms with E-state index in [1.54, 1.807) is 24.3 Å². The van der Waals surface area contributed by atoms with Gasteiger partial charge in [0, 0.05) is 5.69 Å². The fraction of sp³-hybridized carbons (Fsp3) is 0.474. The summed E-state index contributed by atoms with van der Waals surface area (Å²) in [5.74, 6) is -1.31. The number of hydrogen-bond acceptors (Lipinski definition) is 3. The monoisotopic (exact) mass is 327 g/mol. The standard InChI is InChI=1S/C19H21NO4/c1-2-24-12-5-3-11(4-6-12)20-17(21)15-13-7-8-14(16(15)18(22)23)19(13)9-10-19/h3-8,13-16H,2,9-10H2,1H3,(H,20,21)(H,22,23)/t13-,14+,15-,16+/m1/s1. The van der Waals surface area contributed by atoms with E-state index in [1.807, 2.05) is 13.0 Å². The van der Waals surface area contributed by atoms with Crippen LogP contribution in [0.5, 0.6) is 5.75 Å². The number of allylic oxidation sites excluding steroid dienone is 2. The quantitative estimate of drug-likeness (QED) is 0.815. The zero-order valence-corrected chi connectivity index (χ0v) is 13.6. The zero-order chi connectivity index (χ0) is 16.9. The number of carbonyl (C=O) groups excluding carboxylic acids is 1. The summed E-state index contributed by atoms with van der Waals surface area (Å²) in [6.45, 7) is 2.50. The van der Waals surface area contributed by atoms with Gasteiger partial charge in [-0.15, -0.1) is 0 Å². The van der Waals surface area contributed by atoms with E-state index in [-0.39, 0.29) is 23.2 Å². The third-order valence-electron chi connectivity index (χ3n) is 5.86. The second kappa shape index (κ2) is 5.36. The van der Waals surface area contributed by atoms with Crippen molar-refractivity contribution in [2.75, 3.05) is 11.9 Å². The lowest BCUT2D eigenvalue weighted by Gasteiger charge is -2.23. The molecule has 3 aliphatic carbocycles. The Balaban J connectivity index is 1.53. The molecule has 126 valence electrons. The highest BCUT2D eigenvalue weighted by molar-refractivity contribution is 5.96. The Bertz CT molecular complexity index is 705. The fourth-order valence-electron chi connectivity index (χ4n) is 4.72. The number of hydrogen-bond donors (Lipinski definition) is 2. The van der Waals surface area contributed by atoms with Crippen LogP contribution in [0, 0.1) is 29.1 Å². The molecule has 0 unspecified atom stereocenters. The molecular weight excluding hydrogens is 306 g/mol. The van der Waals surface area contributed by atoms with E-state index in [0.29, 0.717) is 12.3 Å². The van der Waals surface area contributed by atoms with Crippen LogP contribution < -0.4 is 10.1 Å². The Morgan fingerprint density at radius 2 is 1.79 bits per heavy atom. The number of anilines is 1. The lowest BCUT2D eigenvalue weighted by Crippen LogP contribution is -2.36. The molecular formula is C19H21NO4. The second-order valence-corrected chi connectivity index (χ2v) is 7.01. The fourth-order valence-corrected chi connectivity index (χ4v) is 4.72. The molecule has 0 aromatic heterocycles. The number of aliphatic carboxylic acids is 1. The molecule has 0 saturated heterocycles. The average molecular weight is 327 g/mol. The summed E-state index contributed by atoms with van der Waals surface area (Å²) >= 11 is 0. The number of carboxylic acid groups (broad SMARTS) is 1. The van der Waals surface area contributed by atoms with Gasteiger partial charge in [0.25, 0.3) is 0 Å². The Kier molecular flexibility index (Phi) is 3.41. The van der Waals surface area contributed by atoms with Crippen molar-refractivity contribution in [3.8, 4) is 5.75 Å². The molecule has 1 spiro atoms. The molecule has 5 heteroatoms. The van der Waals surface area contributed by atoms with E-state index in [0.717, 1.165) is 18.6 Å². The molecule has 3 aliphatic rings. The third-order valence-corrected chi connectivity index (χ3v) is 5.86. The first-order chi connectivity index (χ1) is 11.6. The van der Waals surface area contributed by atoms with Crippen molar-refractivity contribution < 1.29 is 19.4 Å². The number of carbonyl (C=O) groups is 2. The van der Waals surface area contributed by atoms with E-state index >= 15 is 0 Å². The molecule has 2 saturated carbocycles. The predicted molar refractivity (Wildman–Crippen MR) is 88.6 cm³/mol. The molecule has 0 aliphatic heterocycles. The molecule has 24 heavy (non-hydrogen) atoms. The van der Waals surface area contributed by atoms with E-state index in [4.69, 9.17) is 4.74 Å². The van der Waals surface area contributed by atoms with Gasteiger partial charge < -0.3 is 15.2 Å². The van der Waals surface area contributed by atoms with Gasteiger partial charge in [-0.3, -0.25) is 9.59 Å². The number of rotatable bonds is 5. The van der Waals surface area contributed by atoms with Crippen LogP contribution in [0.4, 0.5) is 5.69 Å². The summed E-state index contributed by atoms with van der Waals surface area (Å²) in [6, 6.07) is 7.18. The minimum absolute atomic E-state index is 0.0103. The van der Waals surface area contributed by atoms with Gasteiger partial charge in [0.15, 0.2) is 0 Å². The Morgan fingerprint density at radius 1 is 1.17 bits per heavy atom. The van der Waals surface area contributed by atoms with Crippen molar-refractivity contribution >= 4 is 17.6 Å². The maximum absolute atomic E-state index is 12.8. The van der Waals surface area contributed by atoms with Gasteiger partial charge in [-0.1, -0.05) is 12.2 Å². The highest BCUT2D eigenvalue weighted by Crippen LogP contribution is 2.72. The van der Waals surface area contributed by atoms with Gasteiger partial charge in [-0.25, -0.2) is 0 Å². The summed E-state index contributed by atoms with van der Waals surface area (Å²) in [4.78, 5) is 24.6. The lowest BCUT2D eigenvalue weighted by molar-refractivity contribution is -0.146. The molecule has 0 heterocycles. The first kappa shape index (κ1) is 15.2. The number of ether oxygens (including phenoxy) is 1. The van der Waals surface area contributed by atoms with E-state index in [1.165, 1.54) is 0 Å². The number of carboxylic acids is 1. The van der Waals surface area contributed by atoms with Gasteiger partial charge in [0.2, 0.25) is 5.91 Å². The number of amides is 1. The van der Waals surface area contributed by atoms with Crippen LogP contribution in [0.2, 0.25) is 0 Å². The van der Waals surface area contributed by atoms with Gasteiger partial charge in [0.05, 0.1) is 18.4 Å². The molecule has 2 fully saturated rings. The molecule has 0 radical (unpaired) electrons. The van der Waals surface area contributed by atoms with Gasteiger partial charge in [-0.2, -0.15) is 0 Å². The second-order valence-electron chi connectivity index (χ2n) is 7.01. The van der Waals surface area contributed by atoms with Crippen LogP contribution in [-0.4, -0.2) is 23.6 Å². The predicted octanol–water partition coefficient (Wildman–Crippen LogP) is 2.94. The average Bonchev–Trinajstić information content (AvgIpc) is 3.22. The SMILES string of the molecule is CCOc1ccc(NC(=O)[C@H]2[C@@H](C(=O)O)[C@@H]3C=C[C@H]2C32CC2)cc1. The summed E-state index contributed by atoms with van der Waals surface area (Å²) in [7, 11) is 0. The van der Waals surface area contributed by atoms with Crippen LogP contribution in [0.25, 0.3) is 0 Å². The first-order valence-electron chi connectivity index (χ1n) is 8.51. The molecule has 1 aromatic carbocycles. The van der Waals surface area contributed by atoms with Crippen molar-refractivity contribution in [3.05, 3.63) is 36.4 Å². The normalized spacial score (nSPS) is 31.2. The van der Waals surface area contributed by atoms with E-state index in [9.17, 15) is 14.7 Å². The van der Waals surface area contributed by atoms with Gasteiger partial charge >= 0.3 is 5.97 Å². The van der Waals surface area contributed by atoms with Crippen molar-refractivity contribution in [2.45, 2.75) is 19.8 Å². The lowest BCUT2D eigenvalue weighted by atomic mass is 9.82.